The minimum Gasteiger partial charge on any atom is -0.489 e. The Balaban J connectivity index is 1.02. The number of thiazole rings is 1. The van der Waals surface area contributed by atoms with E-state index in [-0.39, 0.29) is 41.7 Å². The average Bonchev–Trinajstić information content (AvgIpc) is 3.66. The quantitative estimate of drug-likeness (QED) is 0.0964. The maximum Gasteiger partial charge on any atom is 0.326 e. The van der Waals surface area contributed by atoms with E-state index >= 15 is 0 Å². The molecule has 1 amide bonds. The van der Waals surface area contributed by atoms with Crippen LogP contribution in [-0.4, -0.2) is 59.9 Å². The Kier molecular flexibility index (Phi) is 12.9. The molecule has 3 atom stereocenters. The van der Waals surface area contributed by atoms with Crippen LogP contribution in [0.4, 0.5) is 9.52 Å². The summed E-state index contributed by atoms with van der Waals surface area (Å²) in [6.07, 6.45) is -0.631. The molecule has 63 heavy (non-hydrogen) atoms. The summed E-state index contributed by atoms with van der Waals surface area (Å²) in [5.74, 6) is -0.939. The Hall–Kier alpha value is -5.71. The van der Waals surface area contributed by atoms with Crippen molar-refractivity contribution < 1.29 is 41.7 Å². The molecule has 12 nitrogen and oxygen atoms in total. The molecule has 0 fully saturated rings. The van der Waals surface area contributed by atoms with E-state index < -0.39 is 40.1 Å². The lowest BCUT2D eigenvalue weighted by atomic mass is 9.94. The van der Waals surface area contributed by atoms with Crippen molar-refractivity contribution in [2.75, 3.05) is 18.5 Å². The molecule has 3 N–H and O–H groups in total. The second-order valence-electron chi connectivity index (χ2n) is 15.1. The molecule has 326 valence electrons. The van der Waals surface area contributed by atoms with Gasteiger partial charge in [0.1, 0.15) is 36.9 Å². The van der Waals surface area contributed by atoms with Gasteiger partial charge < -0.3 is 30.0 Å². The van der Waals surface area contributed by atoms with Gasteiger partial charge in [-0.3, -0.25) is 4.79 Å². The van der Waals surface area contributed by atoms with Crippen molar-refractivity contribution in [2.45, 2.75) is 62.2 Å². The van der Waals surface area contributed by atoms with Gasteiger partial charge in [-0.05, 0) is 108 Å². The molecule has 0 aliphatic carbocycles. The number of carboxylic acid groups (broad SMARTS) is 1. The molecule has 0 saturated carbocycles. The van der Waals surface area contributed by atoms with E-state index in [1.807, 2.05) is 37.3 Å². The molecule has 0 bridgehead atoms. The fraction of sp³-hybridized carbons (Fsp3) is 0.239. The van der Waals surface area contributed by atoms with Gasteiger partial charge in [0.2, 0.25) is 5.91 Å². The SMILES string of the molecule is CCNc1nc(C)c(S(=O)(=O)N2Cc3cc4c(cc3C[C@H]2C(=O)NC(Cc2ccc(-c3ccc(F)cc3)cc2)C(=O)O)OC[C@H](c2ccc(OCc3ccc(Cl)c(Cl)c3)cc2)O4)s1. The molecule has 5 aromatic carbocycles. The van der Waals surface area contributed by atoms with Gasteiger partial charge in [0.15, 0.2) is 26.9 Å². The van der Waals surface area contributed by atoms with E-state index in [0.29, 0.717) is 62.3 Å². The smallest absolute Gasteiger partial charge is 0.326 e. The number of carbonyl (C=O) groups is 2. The van der Waals surface area contributed by atoms with Crippen LogP contribution >= 0.6 is 34.5 Å². The Bertz CT molecular complexity index is 2770. The van der Waals surface area contributed by atoms with Crippen LogP contribution in [0.15, 0.2) is 107 Å². The van der Waals surface area contributed by atoms with Crippen molar-refractivity contribution in [3.8, 4) is 28.4 Å². The molecule has 1 aromatic heterocycles. The number of fused-ring (bicyclic) bond motifs is 2. The molecular formula is C46H41Cl2FN4O8S2. The standard InChI is InChI=1S/C46H41Cl2FN4O8S2/c1-3-50-46-51-26(2)45(62-46)63(57,58)53-23-33-22-41-40(60-25-42(61-41)31-11-15-35(16-12-31)59-24-28-6-17-36(47)37(48)18-28)21-32(33)20-39(53)43(54)52-38(44(55)56)19-27-4-7-29(8-5-27)30-9-13-34(49)14-10-30/h4-18,21-22,38-39,42H,3,19-20,23-25H2,1-2H3,(H,50,51)(H,52,54)(H,55,56)/t38?,39-,42+/m0/s1. The first kappa shape index (κ1) is 43.9. The average molecular weight is 932 g/mol. The zero-order valence-electron chi connectivity index (χ0n) is 33.9. The summed E-state index contributed by atoms with van der Waals surface area (Å²) in [5, 5.41) is 17.3. The van der Waals surface area contributed by atoms with Crippen LogP contribution < -0.4 is 24.8 Å². The van der Waals surface area contributed by atoms with Gasteiger partial charge in [-0.2, -0.15) is 4.31 Å². The van der Waals surface area contributed by atoms with E-state index in [4.69, 9.17) is 37.4 Å². The van der Waals surface area contributed by atoms with Gasteiger partial charge >= 0.3 is 5.97 Å². The number of carbonyl (C=O) groups excluding carboxylic acids is 1. The lowest BCUT2D eigenvalue weighted by Crippen LogP contribution is -2.55. The number of ether oxygens (including phenoxy) is 3. The monoisotopic (exact) mass is 930 g/mol. The van der Waals surface area contributed by atoms with Crippen LogP contribution in [0.2, 0.25) is 10.0 Å². The third-order valence-electron chi connectivity index (χ3n) is 10.8. The number of sulfonamides is 1. The highest BCUT2D eigenvalue weighted by Crippen LogP contribution is 2.42. The lowest BCUT2D eigenvalue weighted by molar-refractivity contribution is -0.142. The summed E-state index contributed by atoms with van der Waals surface area (Å²) in [6, 6.07) is 26.6. The number of hydrogen-bond donors (Lipinski definition) is 3. The van der Waals surface area contributed by atoms with Crippen LogP contribution in [-0.2, 0) is 45.6 Å². The first-order valence-corrected chi connectivity index (χ1v) is 23.0. The number of halogens is 3. The molecule has 3 heterocycles. The highest BCUT2D eigenvalue weighted by atomic mass is 35.5. The Labute approximate surface area is 377 Å². The molecule has 6 aromatic rings. The number of aliphatic carboxylic acids is 1. The number of hydrogen-bond acceptors (Lipinski definition) is 10. The van der Waals surface area contributed by atoms with Gasteiger partial charge in [-0.1, -0.05) is 89.1 Å². The predicted molar refractivity (Wildman–Crippen MR) is 239 cm³/mol. The molecule has 17 heteroatoms. The molecule has 2 aliphatic rings. The number of nitrogens with one attached hydrogen (secondary N) is 2. The number of amides is 1. The van der Waals surface area contributed by atoms with E-state index in [0.717, 1.165) is 37.9 Å². The van der Waals surface area contributed by atoms with E-state index in [1.54, 1.807) is 67.6 Å². The van der Waals surface area contributed by atoms with Gasteiger partial charge in [0.25, 0.3) is 10.0 Å². The second-order valence-corrected chi connectivity index (χ2v) is 19.0. The summed E-state index contributed by atoms with van der Waals surface area (Å²) in [5.41, 5.74) is 5.42. The van der Waals surface area contributed by atoms with Gasteiger partial charge in [0.05, 0.1) is 15.7 Å². The normalized spacial score (nSPS) is 16.5. The Morgan fingerprint density at radius 1 is 0.937 bits per heavy atom. The maximum absolute atomic E-state index is 14.6. The van der Waals surface area contributed by atoms with Gasteiger partial charge in [0, 0.05) is 19.5 Å². The summed E-state index contributed by atoms with van der Waals surface area (Å²) in [7, 11) is -4.36. The first-order chi connectivity index (χ1) is 30.2. The van der Waals surface area contributed by atoms with E-state index in [9.17, 15) is 27.5 Å². The van der Waals surface area contributed by atoms with Gasteiger partial charge in [-0.15, -0.1) is 0 Å². The van der Waals surface area contributed by atoms with Crippen LogP contribution in [0.3, 0.4) is 0 Å². The van der Waals surface area contributed by atoms with Crippen LogP contribution in [0.25, 0.3) is 11.1 Å². The van der Waals surface area contributed by atoms with Crippen molar-refractivity contribution in [3.63, 3.8) is 0 Å². The van der Waals surface area contributed by atoms with Crippen molar-refractivity contribution in [3.05, 3.63) is 153 Å². The number of rotatable bonds is 14. The van der Waals surface area contributed by atoms with E-state index in [1.165, 1.54) is 12.1 Å². The summed E-state index contributed by atoms with van der Waals surface area (Å²) >= 11 is 13.1. The summed E-state index contributed by atoms with van der Waals surface area (Å²) in [6.45, 7) is 4.25. The number of benzene rings is 5. The van der Waals surface area contributed by atoms with Crippen molar-refractivity contribution >= 4 is 61.6 Å². The lowest BCUT2D eigenvalue weighted by Gasteiger charge is -2.36. The minimum absolute atomic E-state index is 0.0299. The third kappa shape index (κ3) is 9.77. The fourth-order valence-electron chi connectivity index (χ4n) is 7.48. The zero-order valence-corrected chi connectivity index (χ0v) is 37.1. The highest BCUT2D eigenvalue weighted by molar-refractivity contribution is 7.91. The molecule has 8 rings (SSSR count). The first-order valence-electron chi connectivity index (χ1n) is 20.0. The molecule has 0 saturated heterocycles. The molecule has 2 aliphatic heterocycles. The van der Waals surface area contributed by atoms with Crippen LogP contribution in [0.1, 0.15) is 46.5 Å². The minimum atomic E-state index is -4.36. The molecular weight excluding hydrogens is 891 g/mol. The zero-order chi connectivity index (χ0) is 44.4. The number of nitrogens with zero attached hydrogens (tertiary/aromatic N) is 2. The maximum atomic E-state index is 14.6. The molecule has 0 radical (unpaired) electrons. The topological polar surface area (TPSA) is 156 Å². The van der Waals surface area contributed by atoms with Gasteiger partial charge in [-0.25, -0.2) is 22.6 Å². The largest absolute Gasteiger partial charge is 0.489 e. The van der Waals surface area contributed by atoms with Crippen molar-refractivity contribution in [1.29, 1.82) is 0 Å². The molecule has 1 unspecified atom stereocenters. The number of carboxylic acids is 1. The van der Waals surface area contributed by atoms with Crippen LogP contribution in [0, 0.1) is 12.7 Å². The highest BCUT2D eigenvalue weighted by Gasteiger charge is 2.43. The summed E-state index contributed by atoms with van der Waals surface area (Å²) < 4.78 is 62.4. The van der Waals surface area contributed by atoms with E-state index in [2.05, 4.69) is 15.6 Å². The van der Waals surface area contributed by atoms with Crippen molar-refractivity contribution in [1.82, 2.24) is 14.6 Å². The Morgan fingerprint density at radius 2 is 1.62 bits per heavy atom. The second kappa shape index (κ2) is 18.6. The van der Waals surface area contributed by atoms with Crippen molar-refractivity contribution in [2.24, 2.45) is 0 Å². The predicted octanol–water partition coefficient (Wildman–Crippen LogP) is 9.02. The van der Waals surface area contributed by atoms with Crippen LogP contribution in [0.5, 0.6) is 17.2 Å². The Morgan fingerprint density at radius 3 is 2.30 bits per heavy atom. The number of aromatic nitrogens is 1. The third-order valence-corrected chi connectivity index (χ3v) is 15.1. The molecule has 0 spiro atoms. The number of aryl methyl sites for hydroxylation is 1. The summed E-state index contributed by atoms with van der Waals surface area (Å²) in [4.78, 5) is 31.3. The fourth-order valence-corrected chi connectivity index (χ4v) is 11.0. The number of anilines is 1.